The first kappa shape index (κ1) is 18.8. The maximum Gasteiger partial charge on any atom is 0.251 e. The highest BCUT2D eigenvalue weighted by Gasteiger charge is 2.11. The van der Waals surface area contributed by atoms with E-state index in [1.165, 1.54) is 7.11 Å². The second kappa shape index (κ2) is 8.14. The van der Waals surface area contributed by atoms with Crippen molar-refractivity contribution in [1.82, 2.24) is 4.98 Å². The number of para-hydroxylation sites is 1. The summed E-state index contributed by atoms with van der Waals surface area (Å²) in [6, 6.07) is 12.3. The largest absolute Gasteiger partial charge is 0.493 e. The highest BCUT2D eigenvalue weighted by molar-refractivity contribution is 6.33. The maximum atomic E-state index is 12.3. The average molecular weight is 387 g/mol. The average Bonchev–Trinajstić information content (AvgIpc) is 2.67. The third-order valence-electron chi connectivity index (χ3n) is 4.19. The van der Waals surface area contributed by atoms with Gasteiger partial charge in [0, 0.05) is 23.4 Å². The molecule has 140 valence electrons. The van der Waals surface area contributed by atoms with Gasteiger partial charge in [-0.15, -0.1) is 0 Å². The zero-order valence-electron chi connectivity index (χ0n) is 15.0. The van der Waals surface area contributed by atoms with Gasteiger partial charge in [-0.25, -0.2) is 0 Å². The molecule has 0 atom stereocenters. The predicted octanol–water partition coefficient (Wildman–Crippen LogP) is 3.77. The number of fused-ring (bicyclic) bond motifs is 1. The van der Waals surface area contributed by atoms with Crippen LogP contribution in [0.1, 0.15) is 12.0 Å². The Balaban J connectivity index is 1.78. The Bertz CT molecular complexity index is 1050. The number of rotatable bonds is 6. The van der Waals surface area contributed by atoms with E-state index < -0.39 is 0 Å². The van der Waals surface area contributed by atoms with Crippen molar-refractivity contribution in [2.75, 3.05) is 19.5 Å². The first-order valence-corrected chi connectivity index (χ1v) is 8.72. The zero-order valence-corrected chi connectivity index (χ0v) is 15.7. The molecule has 3 rings (SSSR count). The van der Waals surface area contributed by atoms with E-state index >= 15 is 0 Å². The van der Waals surface area contributed by atoms with Gasteiger partial charge >= 0.3 is 0 Å². The summed E-state index contributed by atoms with van der Waals surface area (Å²) >= 11 is 6.04. The fourth-order valence-electron chi connectivity index (χ4n) is 2.79. The molecule has 0 aliphatic carbocycles. The first-order valence-electron chi connectivity index (χ1n) is 8.34. The van der Waals surface area contributed by atoms with Crippen LogP contribution in [0.3, 0.4) is 0 Å². The SMILES string of the molecule is COc1cc2cc(CCC(=O)Nc3ccccc3Cl)c(=O)[nH]c2cc1OC. The second-order valence-electron chi connectivity index (χ2n) is 5.95. The lowest BCUT2D eigenvalue weighted by atomic mass is 10.1. The number of hydrogen-bond acceptors (Lipinski definition) is 4. The number of hydrogen-bond donors (Lipinski definition) is 2. The van der Waals surface area contributed by atoms with E-state index in [1.54, 1.807) is 49.6 Å². The number of ether oxygens (including phenoxy) is 2. The van der Waals surface area contributed by atoms with Crippen molar-refractivity contribution in [1.29, 1.82) is 0 Å². The lowest BCUT2D eigenvalue weighted by Crippen LogP contribution is -2.17. The molecule has 0 bridgehead atoms. The summed E-state index contributed by atoms with van der Waals surface area (Å²) in [7, 11) is 3.09. The van der Waals surface area contributed by atoms with Gasteiger partial charge in [-0.3, -0.25) is 9.59 Å². The summed E-state index contributed by atoms with van der Waals surface area (Å²) in [5.41, 5.74) is 1.47. The van der Waals surface area contributed by atoms with Crippen LogP contribution in [0.4, 0.5) is 5.69 Å². The quantitative estimate of drug-likeness (QED) is 0.675. The van der Waals surface area contributed by atoms with Crippen molar-refractivity contribution in [2.24, 2.45) is 0 Å². The summed E-state index contributed by atoms with van der Waals surface area (Å²) < 4.78 is 10.5. The standard InChI is InChI=1S/C20H19ClN2O4/c1-26-17-10-13-9-12(20(25)23-16(13)11-18(17)27-2)7-8-19(24)22-15-6-4-3-5-14(15)21/h3-6,9-11H,7-8H2,1-2H3,(H,22,24)(H,23,25). The van der Waals surface area contributed by atoms with Crippen molar-refractivity contribution in [3.05, 3.63) is 63.4 Å². The third-order valence-corrected chi connectivity index (χ3v) is 4.52. The van der Waals surface area contributed by atoms with E-state index in [0.29, 0.717) is 39.7 Å². The van der Waals surface area contributed by atoms with Gasteiger partial charge in [0.25, 0.3) is 5.56 Å². The molecular weight excluding hydrogens is 368 g/mol. The lowest BCUT2D eigenvalue weighted by Gasteiger charge is -2.10. The Morgan fingerprint density at radius 2 is 1.81 bits per heavy atom. The molecule has 0 saturated heterocycles. The number of amides is 1. The van der Waals surface area contributed by atoms with Crippen LogP contribution in [-0.4, -0.2) is 25.1 Å². The Morgan fingerprint density at radius 3 is 2.52 bits per heavy atom. The molecule has 0 aliphatic rings. The number of methoxy groups -OCH3 is 2. The van der Waals surface area contributed by atoms with Crippen LogP contribution < -0.4 is 20.3 Å². The molecule has 0 spiro atoms. The van der Waals surface area contributed by atoms with Gasteiger partial charge in [0.1, 0.15) is 0 Å². The van der Waals surface area contributed by atoms with Crippen LogP contribution in [0.25, 0.3) is 10.9 Å². The van der Waals surface area contributed by atoms with Crippen molar-refractivity contribution in [2.45, 2.75) is 12.8 Å². The number of anilines is 1. The summed E-state index contributed by atoms with van der Waals surface area (Å²) in [5, 5.41) is 4.02. The number of aryl methyl sites for hydroxylation is 1. The Labute approximate surface area is 161 Å². The molecule has 1 amide bonds. The highest BCUT2D eigenvalue weighted by atomic mass is 35.5. The van der Waals surface area contributed by atoms with Crippen LogP contribution >= 0.6 is 11.6 Å². The number of aromatic nitrogens is 1. The molecule has 3 aromatic rings. The lowest BCUT2D eigenvalue weighted by molar-refractivity contribution is -0.116. The van der Waals surface area contributed by atoms with Crippen LogP contribution in [-0.2, 0) is 11.2 Å². The molecule has 0 fully saturated rings. The van der Waals surface area contributed by atoms with Crippen molar-refractivity contribution in [3.63, 3.8) is 0 Å². The van der Waals surface area contributed by atoms with Gasteiger partial charge in [0.2, 0.25) is 5.91 Å². The van der Waals surface area contributed by atoms with Crippen LogP contribution in [0.15, 0.2) is 47.3 Å². The first-order chi connectivity index (χ1) is 13.0. The molecular formula is C20H19ClN2O4. The van der Waals surface area contributed by atoms with Gasteiger partial charge in [0.15, 0.2) is 11.5 Å². The minimum atomic E-state index is -0.236. The Kier molecular flexibility index (Phi) is 5.66. The fourth-order valence-corrected chi connectivity index (χ4v) is 2.97. The number of benzene rings is 2. The monoisotopic (exact) mass is 386 g/mol. The molecule has 0 aliphatic heterocycles. The van der Waals surface area contributed by atoms with E-state index in [-0.39, 0.29) is 17.9 Å². The third kappa shape index (κ3) is 4.23. The number of pyridine rings is 1. The van der Waals surface area contributed by atoms with Gasteiger partial charge in [-0.2, -0.15) is 0 Å². The molecule has 1 heterocycles. The van der Waals surface area contributed by atoms with Gasteiger partial charge in [0.05, 0.1) is 30.4 Å². The number of aromatic amines is 1. The predicted molar refractivity (Wildman–Crippen MR) is 106 cm³/mol. The number of carbonyl (C=O) groups is 1. The number of halogens is 1. The maximum absolute atomic E-state index is 12.3. The summed E-state index contributed by atoms with van der Waals surface area (Å²) in [6.45, 7) is 0. The van der Waals surface area contributed by atoms with E-state index in [4.69, 9.17) is 21.1 Å². The van der Waals surface area contributed by atoms with Crippen molar-refractivity contribution >= 4 is 34.1 Å². The summed E-state index contributed by atoms with van der Waals surface area (Å²) in [5.74, 6) is 0.891. The molecule has 0 saturated carbocycles. The number of nitrogens with one attached hydrogen (secondary N) is 2. The smallest absolute Gasteiger partial charge is 0.251 e. The van der Waals surface area contributed by atoms with Gasteiger partial charge in [-0.05, 0) is 30.7 Å². The van der Waals surface area contributed by atoms with Crippen molar-refractivity contribution < 1.29 is 14.3 Å². The fraction of sp³-hybridized carbons (Fsp3) is 0.200. The van der Waals surface area contributed by atoms with Crippen LogP contribution in [0.2, 0.25) is 5.02 Å². The number of H-pyrrole nitrogens is 1. The minimum Gasteiger partial charge on any atom is -0.493 e. The normalized spacial score (nSPS) is 10.6. The second-order valence-corrected chi connectivity index (χ2v) is 6.35. The molecule has 7 heteroatoms. The molecule has 1 aromatic heterocycles. The Hall–Kier alpha value is -2.99. The van der Waals surface area contributed by atoms with Crippen LogP contribution in [0.5, 0.6) is 11.5 Å². The van der Waals surface area contributed by atoms with Crippen LogP contribution in [0, 0.1) is 0 Å². The van der Waals surface area contributed by atoms with E-state index in [0.717, 1.165) is 5.39 Å². The zero-order chi connectivity index (χ0) is 19.4. The molecule has 6 nitrogen and oxygen atoms in total. The molecule has 2 N–H and O–H groups in total. The summed E-state index contributed by atoms with van der Waals surface area (Å²) in [4.78, 5) is 27.3. The van der Waals surface area contributed by atoms with E-state index in [1.807, 2.05) is 0 Å². The van der Waals surface area contributed by atoms with Gasteiger partial charge in [-0.1, -0.05) is 23.7 Å². The minimum absolute atomic E-state index is 0.160. The number of carbonyl (C=O) groups excluding carboxylic acids is 1. The van der Waals surface area contributed by atoms with Crippen molar-refractivity contribution in [3.8, 4) is 11.5 Å². The van der Waals surface area contributed by atoms with E-state index in [9.17, 15) is 9.59 Å². The molecule has 0 radical (unpaired) electrons. The van der Waals surface area contributed by atoms with Gasteiger partial charge < -0.3 is 19.8 Å². The Morgan fingerprint density at radius 1 is 1.11 bits per heavy atom. The molecule has 0 unspecified atom stereocenters. The molecule has 2 aromatic carbocycles. The molecule has 27 heavy (non-hydrogen) atoms. The highest BCUT2D eigenvalue weighted by Crippen LogP contribution is 2.31. The van der Waals surface area contributed by atoms with E-state index in [2.05, 4.69) is 10.3 Å². The topological polar surface area (TPSA) is 80.4 Å². The summed E-state index contributed by atoms with van der Waals surface area (Å²) in [6.07, 6.45) is 0.461.